The molecule has 0 aromatic heterocycles. The van der Waals surface area contributed by atoms with Crippen LogP contribution in [0, 0.1) is 30.4 Å². The van der Waals surface area contributed by atoms with Gasteiger partial charge in [0.15, 0.2) is 0 Å². The zero-order valence-electron chi connectivity index (χ0n) is 15.9. The van der Waals surface area contributed by atoms with Crippen molar-refractivity contribution in [2.75, 3.05) is 0 Å². The molecule has 0 heterocycles. The number of aryl methyl sites for hydroxylation is 1. The lowest BCUT2D eigenvalue weighted by atomic mass is 9.99. The van der Waals surface area contributed by atoms with Gasteiger partial charge in [0.25, 0.3) is 0 Å². The molecule has 0 fully saturated rings. The average molecular weight is 380 g/mol. The Balaban J connectivity index is 1.63. The van der Waals surface area contributed by atoms with E-state index >= 15 is 0 Å². The summed E-state index contributed by atoms with van der Waals surface area (Å²) in [6, 6.07) is 27.8. The van der Waals surface area contributed by atoms with E-state index in [1.807, 2.05) is 85.8 Å². The first-order chi connectivity index (χ1) is 14.1. The average Bonchev–Trinajstić information content (AvgIpc) is 2.75. The van der Waals surface area contributed by atoms with Crippen molar-refractivity contribution in [2.24, 2.45) is 0 Å². The topological polar surface area (TPSA) is 0 Å². The zero-order chi connectivity index (χ0) is 20.2. The van der Waals surface area contributed by atoms with Crippen molar-refractivity contribution in [1.29, 1.82) is 0 Å². The van der Waals surface area contributed by atoms with Crippen molar-refractivity contribution in [2.45, 2.75) is 6.92 Å². The number of hydrogen-bond acceptors (Lipinski definition) is 0. The van der Waals surface area contributed by atoms with Gasteiger partial charge in [-0.15, -0.1) is 0 Å². The highest BCUT2D eigenvalue weighted by molar-refractivity contribution is 5.71. The third-order valence-electron chi connectivity index (χ3n) is 4.75. The lowest BCUT2D eigenvalue weighted by molar-refractivity contribution is 0.578. The second-order valence-electron chi connectivity index (χ2n) is 6.87. The summed E-state index contributed by atoms with van der Waals surface area (Å²) in [7, 11) is 0. The van der Waals surface area contributed by atoms with Crippen molar-refractivity contribution in [3.63, 3.8) is 0 Å². The Kier molecular flexibility index (Phi) is 5.22. The fourth-order valence-electron chi connectivity index (χ4n) is 3.12. The molecule has 2 heteroatoms. The van der Waals surface area contributed by atoms with Crippen molar-refractivity contribution in [3.05, 3.63) is 119 Å². The van der Waals surface area contributed by atoms with Crippen LogP contribution in [0.2, 0.25) is 0 Å². The van der Waals surface area contributed by atoms with E-state index in [0.29, 0.717) is 5.56 Å². The number of halogens is 2. The maximum Gasteiger partial charge on any atom is 0.142 e. The highest BCUT2D eigenvalue weighted by Gasteiger charge is 2.11. The predicted octanol–water partition coefficient (Wildman–Crippen LogP) is 7.01. The van der Waals surface area contributed by atoms with Crippen molar-refractivity contribution < 1.29 is 8.78 Å². The number of benzene rings is 4. The van der Waals surface area contributed by atoms with E-state index in [9.17, 15) is 8.78 Å². The number of hydrogen-bond donors (Lipinski definition) is 0. The molecular formula is C27H18F2. The van der Waals surface area contributed by atoms with Gasteiger partial charge in [-0.3, -0.25) is 0 Å². The maximum absolute atomic E-state index is 14.6. The second kappa shape index (κ2) is 8.12. The molecule has 0 unspecified atom stereocenters. The van der Waals surface area contributed by atoms with Gasteiger partial charge in [-0.25, -0.2) is 8.78 Å². The smallest absolute Gasteiger partial charge is 0.142 e. The van der Waals surface area contributed by atoms with Gasteiger partial charge < -0.3 is 0 Å². The van der Waals surface area contributed by atoms with Crippen LogP contribution in [0.4, 0.5) is 8.78 Å². The molecule has 0 N–H and O–H groups in total. The van der Waals surface area contributed by atoms with Crippen LogP contribution in [0.1, 0.15) is 16.7 Å². The molecular weight excluding hydrogens is 362 g/mol. The van der Waals surface area contributed by atoms with Gasteiger partial charge in [-0.2, -0.15) is 0 Å². The molecule has 4 aromatic rings. The summed E-state index contributed by atoms with van der Waals surface area (Å²) in [6.45, 7) is 1.97. The maximum atomic E-state index is 14.6. The van der Waals surface area contributed by atoms with Gasteiger partial charge in [0.1, 0.15) is 11.6 Å². The molecule has 0 nitrogen and oxygen atoms in total. The summed E-state index contributed by atoms with van der Waals surface area (Å²) < 4.78 is 29.1. The van der Waals surface area contributed by atoms with Gasteiger partial charge in [0.2, 0.25) is 0 Å². The SMILES string of the molecule is Cc1ccc(C#Cc2c(F)cc(-c3ccc(-c4ccccc4)cc3)cc2F)cc1. The minimum Gasteiger partial charge on any atom is -0.205 e. The summed E-state index contributed by atoms with van der Waals surface area (Å²) in [5, 5.41) is 0. The van der Waals surface area contributed by atoms with E-state index in [0.717, 1.165) is 27.8 Å². The first-order valence-electron chi connectivity index (χ1n) is 9.34. The van der Waals surface area contributed by atoms with E-state index in [-0.39, 0.29) is 5.56 Å². The molecule has 0 radical (unpaired) electrons. The molecule has 0 spiro atoms. The molecule has 0 bridgehead atoms. The van der Waals surface area contributed by atoms with Crippen molar-refractivity contribution in [1.82, 2.24) is 0 Å². The first-order valence-corrected chi connectivity index (χ1v) is 9.34. The van der Waals surface area contributed by atoms with Crippen LogP contribution in [-0.2, 0) is 0 Å². The minimum atomic E-state index is -0.660. The molecule has 0 saturated heterocycles. The Hall–Kier alpha value is -3.70. The molecule has 4 rings (SSSR count). The van der Waals surface area contributed by atoms with E-state index in [4.69, 9.17) is 0 Å². The van der Waals surface area contributed by atoms with Gasteiger partial charge >= 0.3 is 0 Å². The van der Waals surface area contributed by atoms with Crippen molar-refractivity contribution >= 4 is 0 Å². The summed E-state index contributed by atoms with van der Waals surface area (Å²) in [5.74, 6) is 4.13. The zero-order valence-corrected chi connectivity index (χ0v) is 15.9. The quantitative estimate of drug-likeness (QED) is 0.328. The minimum absolute atomic E-state index is 0.213. The first kappa shape index (κ1) is 18.7. The third-order valence-corrected chi connectivity index (χ3v) is 4.75. The Labute approximate surface area is 169 Å². The Morgan fingerprint density at radius 1 is 0.552 bits per heavy atom. The van der Waals surface area contributed by atoms with Crippen molar-refractivity contribution in [3.8, 4) is 34.1 Å². The third kappa shape index (κ3) is 4.25. The van der Waals surface area contributed by atoms with Gasteiger partial charge in [-0.1, -0.05) is 84.1 Å². The summed E-state index contributed by atoms with van der Waals surface area (Å²) in [5.41, 5.74) is 5.00. The van der Waals surface area contributed by atoms with Gasteiger partial charge in [0.05, 0.1) is 5.56 Å². The molecule has 4 aromatic carbocycles. The lowest BCUT2D eigenvalue weighted by Crippen LogP contribution is -1.92. The lowest BCUT2D eigenvalue weighted by Gasteiger charge is -2.07. The van der Waals surface area contributed by atoms with Crippen LogP contribution >= 0.6 is 0 Å². The molecule has 29 heavy (non-hydrogen) atoms. The Morgan fingerprint density at radius 2 is 1.07 bits per heavy atom. The van der Waals surface area contributed by atoms with E-state index < -0.39 is 11.6 Å². The van der Waals surface area contributed by atoms with Crippen LogP contribution in [0.15, 0.2) is 91.0 Å². The standard InChI is InChI=1S/C27H18F2/c1-19-7-9-20(10-8-19)11-16-25-26(28)17-24(18-27(25)29)23-14-12-22(13-15-23)21-5-3-2-4-6-21/h2-10,12-15,17-18H,1H3. The van der Waals surface area contributed by atoms with Crippen LogP contribution in [0.25, 0.3) is 22.3 Å². The van der Waals surface area contributed by atoms with Gasteiger partial charge in [-0.05, 0) is 53.4 Å². The summed E-state index contributed by atoms with van der Waals surface area (Å²) in [6.07, 6.45) is 0. The number of rotatable bonds is 2. The van der Waals surface area contributed by atoms with Crippen LogP contribution < -0.4 is 0 Å². The van der Waals surface area contributed by atoms with Gasteiger partial charge in [0, 0.05) is 5.56 Å². The molecule has 0 aliphatic heterocycles. The molecule has 0 atom stereocenters. The van der Waals surface area contributed by atoms with Crippen LogP contribution in [0.5, 0.6) is 0 Å². The summed E-state index contributed by atoms with van der Waals surface area (Å²) >= 11 is 0. The predicted molar refractivity (Wildman–Crippen MR) is 114 cm³/mol. The fourth-order valence-corrected chi connectivity index (χ4v) is 3.12. The van der Waals surface area contributed by atoms with Crippen LogP contribution in [-0.4, -0.2) is 0 Å². The second-order valence-corrected chi connectivity index (χ2v) is 6.87. The molecule has 0 amide bonds. The monoisotopic (exact) mass is 380 g/mol. The van der Waals surface area contributed by atoms with E-state index in [1.54, 1.807) is 0 Å². The normalized spacial score (nSPS) is 10.3. The summed E-state index contributed by atoms with van der Waals surface area (Å²) in [4.78, 5) is 0. The van der Waals surface area contributed by atoms with Crippen LogP contribution in [0.3, 0.4) is 0 Å². The highest BCUT2D eigenvalue weighted by Crippen LogP contribution is 2.27. The fraction of sp³-hybridized carbons (Fsp3) is 0.0370. The van der Waals surface area contributed by atoms with E-state index in [1.165, 1.54) is 12.1 Å². The molecule has 0 aliphatic carbocycles. The Morgan fingerprint density at radius 3 is 1.66 bits per heavy atom. The molecule has 0 saturated carbocycles. The molecule has 0 aliphatic rings. The Bertz CT molecular complexity index is 1170. The highest BCUT2D eigenvalue weighted by atomic mass is 19.1. The largest absolute Gasteiger partial charge is 0.205 e. The van der Waals surface area contributed by atoms with E-state index in [2.05, 4.69) is 11.8 Å². The molecule has 140 valence electrons.